The highest BCUT2D eigenvalue weighted by Crippen LogP contribution is 2.13. The first-order valence-electron chi connectivity index (χ1n) is 5.16. The fraction of sp³-hybridized carbons (Fsp3) is 0.250. The zero-order valence-corrected chi connectivity index (χ0v) is 9.50. The summed E-state index contributed by atoms with van der Waals surface area (Å²) in [6.07, 6.45) is 4.35. The molecule has 0 bridgehead atoms. The van der Waals surface area contributed by atoms with E-state index in [1.165, 1.54) is 0 Å². The molecule has 5 heteroatoms. The molecule has 5 nitrogen and oxygen atoms in total. The van der Waals surface area contributed by atoms with Crippen LogP contribution < -0.4 is 0 Å². The first kappa shape index (κ1) is 12.8. The lowest BCUT2D eigenvalue weighted by atomic mass is 10.0. The van der Waals surface area contributed by atoms with Gasteiger partial charge in [-0.1, -0.05) is 23.3 Å². The molecule has 0 fully saturated rings. The molecule has 0 heterocycles. The van der Waals surface area contributed by atoms with Crippen molar-refractivity contribution in [1.82, 2.24) is 0 Å². The van der Waals surface area contributed by atoms with E-state index in [9.17, 15) is 4.79 Å². The molecule has 0 aromatic heterocycles. The Hall–Kier alpha value is -2.26. The molecule has 1 aromatic carbocycles. The summed E-state index contributed by atoms with van der Waals surface area (Å²) in [6, 6.07) is 4.98. The second-order valence-corrected chi connectivity index (χ2v) is 3.52. The Labute approximate surface area is 99.0 Å². The van der Waals surface area contributed by atoms with Crippen LogP contribution in [0, 0.1) is 6.92 Å². The number of hydrogen-bond donors (Lipinski definition) is 1. The first-order valence-corrected chi connectivity index (χ1v) is 5.16. The Morgan fingerprint density at radius 3 is 3.00 bits per heavy atom. The number of carbonyl (C=O) groups is 1. The van der Waals surface area contributed by atoms with Crippen LogP contribution in [0.2, 0.25) is 0 Å². The fourth-order valence-corrected chi connectivity index (χ4v) is 1.34. The van der Waals surface area contributed by atoms with Crippen molar-refractivity contribution < 1.29 is 9.90 Å². The highest BCUT2D eigenvalue weighted by atomic mass is 16.4. The van der Waals surface area contributed by atoms with Crippen LogP contribution in [-0.4, -0.2) is 17.6 Å². The van der Waals surface area contributed by atoms with E-state index < -0.39 is 5.97 Å². The molecular weight excluding hydrogens is 218 g/mol. The van der Waals surface area contributed by atoms with Gasteiger partial charge in [-0.15, -0.1) is 0 Å². The first-order chi connectivity index (χ1) is 8.15. The van der Waals surface area contributed by atoms with Gasteiger partial charge in [-0.05, 0) is 42.1 Å². The van der Waals surface area contributed by atoms with Crippen LogP contribution in [-0.2, 0) is 0 Å². The van der Waals surface area contributed by atoms with Gasteiger partial charge in [-0.2, -0.15) is 0 Å². The van der Waals surface area contributed by atoms with Gasteiger partial charge in [0.25, 0.3) is 0 Å². The van der Waals surface area contributed by atoms with Crippen LogP contribution in [0.5, 0.6) is 0 Å². The number of benzene rings is 1. The topological polar surface area (TPSA) is 86.1 Å². The molecular formula is C12H13N3O2. The van der Waals surface area contributed by atoms with Crippen molar-refractivity contribution in [3.63, 3.8) is 0 Å². The molecule has 0 radical (unpaired) electrons. The van der Waals surface area contributed by atoms with Crippen molar-refractivity contribution in [2.24, 2.45) is 5.11 Å². The van der Waals surface area contributed by atoms with Crippen molar-refractivity contribution in [2.75, 3.05) is 6.54 Å². The van der Waals surface area contributed by atoms with Crippen molar-refractivity contribution in [3.05, 3.63) is 51.4 Å². The minimum absolute atomic E-state index is 0.269. The summed E-state index contributed by atoms with van der Waals surface area (Å²) in [5.41, 5.74) is 10.2. The maximum atomic E-state index is 10.8. The van der Waals surface area contributed by atoms with Crippen molar-refractivity contribution in [1.29, 1.82) is 0 Å². The molecule has 0 aliphatic carbocycles. The van der Waals surface area contributed by atoms with E-state index >= 15 is 0 Å². The van der Waals surface area contributed by atoms with E-state index in [0.717, 1.165) is 11.1 Å². The smallest absolute Gasteiger partial charge is 0.335 e. The highest BCUT2D eigenvalue weighted by molar-refractivity contribution is 5.88. The molecule has 0 aliphatic heterocycles. The molecule has 1 rings (SSSR count). The third kappa shape index (κ3) is 4.01. The summed E-state index contributed by atoms with van der Waals surface area (Å²) in [5.74, 6) is -0.936. The Morgan fingerprint density at radius 1 is 1.59 bits per heavy atom. The normalized spacial score (nSPS) is 10.2. The Bertz CT molecular complexity index is 489. The van der Waals surface area contributed by atoms with Crippen LogP contribution in [0.15, 0.2) is 29.4 Å². The SMILES string of the molecule is Cc1ccc(C(=O)O)cc1C=CCCN=[N+]=[N-]. The van der Waals surface area contributed by atoms with Gasteiger partial charge >= 0.3 is 5.97 Å². The van der Waals surface area contributed by atoms with E-state index in [-0.39, 0.29) is 5.56 Å². The summed E-state index contributed by atoms with van der Waals surface area (Å²) < 4.78 is 0. The molecule has 17 heavy (non-hydrogen) atoms. The maximum Gasteiger partial charge on any atom is 0.335 e. The van der Waals surface area contributed by atoms with Crippen molar-refractivity contribution in [2.45, 2.75) is 13.3 Å². The number of azide groups is 1. The van der Waals surface area contributed by atoms with Gasteiger partial charge < -0.3 is 5.11 Å². The molecule has 0 unspecified atom stereocenters. The number of hydrogen-bond acceptors (Lipinski definition) is 2. The molecule has 0 amide bonds. The van der Waals surface area contributed by atoms with Crippen LogP contribution in [0.4, 0.5) is 0 Å². The second kappa shape index (κ2) is 6.35. The number of rotatable bonds is 5. The van der Waals surface area contributed by atoms with Crippen molar-refractivity contribution in [3.8, 4) is 0 Å². The molecule has 0 atom stereocenters. The standard InChI is InChI=1S/C12H13N3O2/c1-9-5-6-11(12(16)17)8-10(9)4-2-3-7-14-15-13/h2,4-6,8H,3,7H2,1H3,(H,16,17). The Kier molecular flexibility index (Phi) is 4.78. The van der Waals surface area contributed by atoms with Gasteiger partial charge in [0.05, 0.1) is 5.56 Å². The van der Waals surface area contributed by atoms with E-state index in [4.69, 9.17) is 10.6 Å². The van der Waals surface area contributed by atoms with E-state index in [1.54, 1.807) is 18.2 Å². The zero-order chi connectivity index (χ0) is 12.7. The van der Waals surface area contributed by atoms with Gasteiger partial charge in [0.15, 0.2) is 0 Å². The number of carboxylic acid groups (broad SMARTS) is 1. The number of aromatic carboxylic acids is 1. The molecule has 1 N–H and O–H groups in total. The van der Waals surface area contributed by atoms with Crippen LogP contribution in [0.25, 0.3) is 16.5 Å². The minimum Gasteiger partial charge on any atom is -0.478 e. The quantitative estimate of drug-likeness (QED) is 0.364. The third-order valence-corrected chi connectivity index (χ3v) is 2.28. The van der Waals surface area contributed by atoms with Gasteiger partial charge in [0, 0.05) is 11.5 Å². The number of nitrogens with zero attached hydrogens (tertiary/aromatic N) is 3. The average Bonchev–Trinajstić information content (AvgIpc) is 2.30. The summed E-state index contributed by atoms with van der Waals surface area (Å²) in [5, 5.41) is 12.3. The summed E-state index contributed by atoms with van der Waals surface area (Å²) in [4.78, 5) is 13.4. The summed E-state index contributed by atoms with van der Waals surface area (Å²) in [7, 11) is 0. The van der Waals surface area contributed by atoms with Gasteiger partial charge in [0.1, 0.15) is 0 Å². The minimum atomic E-state index is -0.936. The highest BCUT2D eigenvalue weighted by Gasteiger charge is 2.03. The average molecular weight is 231 g/mol. The lowest BCUT2D eigenvalue weighted by Crippen LogP contribution is -1.97. The molecule has 0 saturated heterocycles. The van der Waals surface area contributed by atoms with Crippen molar-refractivity contribution >= 4 is 12.0 Å². The fourth-order valence-electron chi connectivity index (χ4n) is 1.34. The molecule has 1 aromatic rings. The van der Waals surface area contributed by atoms with E-state index in [1.807, 2.05) is 19.1 Å². The monoisotopic (exact) mass is 231 g/mol. The van der Waals surface area contributed by atoms with Gasteiger partial charge in [-0.25, -0.2) is 4.79 Å². The molecule has 0 aliphatic rings. The lowest BCUT2D eigenvalue weighted by molar-refractivity contribution is 0.0697. The molecule has 0 saturated carbocycles. The summed E-state index contributed by atoms with van der Waals surface area (Å²) >= 11 is 0. The predicted molar refractivity (Wildman–Crippen MR) is 65.8 cm³/mol. The van der Waals surface area contributed by atoms with Crippen LogP contribution >= 0.6 is 0 Å². The largest absolute Gasteiger partial charge is 0.478 e. The Morgan fingerprint density at radius 2 is 2.35 bits per heavy atom. The van der Waals surface area contributed by atoms with E-state index in [0.29, 0.717) is 13.0 Å². The third-order valence-electron chi connectivity index (χ3n) is 2.28. The lowest BCUT2D eigenvalue weighted by Gasteiger charge is -2.01. The number of aryl methyl sites for hydroxylation is 1. The van der Waals surface area contributed by atoms with Gasteiger partial charge in [0.2, 0.25) is 0 Å². The zero-order valence-electron chi connectivity index (χ0n) is 9.50. The van der Waals surface area contributed by atoms with Gasteiger partial charge in [-0.3, -0.25) is 0 Å². The van der Waals surface area contributed by atoms with Crippen LogP contribution in [0.1, 0.15) is 27.9 Å². The molecule has 88 valence electrons. The second-order valence-electron chi connectivity index (χ2n) is 3.52. The Balaban J connectivity index is 2.78. The number of carboxylic acids is 1. The van der Waals surface area contributed by atoms with Crippen LogP contribution in [0.3, 0.4) is 0 Å². The molecule has 0 spiro atoms. The summed E-state index contributed by atoms with van der Waals surface area (Å²) in [6.45, 7) is 2.32. The maximum absolute atomic E-state index is 10.8. The predicted octanol–water partition coefficient (Wildman–Crippen LogP) is 3.41. The van der Waals surface area contributed by atoms with E-state index in [2.05, 4.69) is 10.0 Å².